The highest BCUT2D eigenvalue weighted by atomic mass is 16.3. The second-order valence-corrected chi connectivity index (χ2v) is 6.49. The molecule has 24 heavy (non-hydrogen) atoms. The summed E-state index contributed by atoms with van der Waals surface area (Å²) in [7, 11) is 0. The number of tetrazole rings is 1. The van der Waals surface area contributed by atoms with Crippen molar-refractivity contribution in [2.45, 2.75) is 58.0 Å². The molecule has 6 nitrogen and oxygen atoms in total. The summed E-state index contributed by atoms with van der Waals surface area (Å²) in [6.07, 6.45) is 6.11. The van der Waals surface area contributed by atoms with Crippen molar-refractivity contribution in [3.05, 3.63) is 35.7 Å². The lowest BCUT2D eigenvalue weighted by Gasteiger charge is -2.31. The van der Waals surface area contributed by atoms with Gasteiger partial charge in [-0.25, -0.2) is 4.68 Å². The van der Waals surface area contributed by atoms with Gasteiger partial charge in [0.05, 0.1) is 12.1 Å². The largest absolute Gasteiger partial charge is 0.508 e. The van der Waals surface area contributed by atoms with Crippen molar-refractivity contribution in [2.24, 2.45) is 0 Å². The maximum absolute atomic E-state index is 9.62. The van der Waals surface area contributed by atoms with E-state index in [1.54, 1.807) is 12.1 Å². The molecular formula is C18H27N5O. The maximum Gasteiger partial charge on any atom is 0.173 e. The van der Waals surface area contributed by atoms with Crippen molar-refractivity contribution in [1.29, 1.82) is 0 Å². The highest BCUT2D eigenvalue weighted by Crippen LogP contribution is 2.33. The predicted octanol–water partition coefficient (Wildman–Crippen LogP) is 3.32. The SMILES string of the molecule is CCN(CC)[C@H](c1ccc(O)cc1)c1nnnn1C1CCCCC1. The van der Waals surface area contributed by atoms with Gasteiger partial charge in [-0.05, 0) is 54.1 Å². The molecule has 1 heterocycles. The van der Waals surface area contributed by atoms with Crippen molar-refractivity contribution in [1.82, 2.24) is 25.1 Å². The maximum atomic E-state index is 9.62. The van der Waals surface area contributed by atoms with E-state index in [4.69, 9.17) is 0 Å². The number of aromatic nitrogens is 4. The molecule has 1 N–H and O–H groups in total. The van der Waals surface area contributed by atoms with Crippen molar-refractivity contribution in [3.8, 4) is 5.75 Å². The summed E-state index contributed by atoms with van der Waals surface area (Å²) in [5, 5.41) is 22.4. The number of hydrogen-bond donors (Lipinski definition) is 1. The van der Waals surface area contributed by atoms with Crippen LogP contribution < -0.4 is 0 Å². The van der Waals surface area contributed by atoms with Gasteiger partial charge in [0.1, 0.15) is 5.75 Å². The fourth-order valence-corrected chi connectivity index (χ4v) is 3.73. The highest BCUT2D eigenvalue weighted by molar-refractivity contribution is 5.31. The first-order chi connectivity index (χ1) is 11.7. The second kappa shape index (κ2) is 7.75. The minimum absolute atomic E-state index is 0.0116. The van der Waals surface area contributed by atoms with Crippen LogP contribution >= 0.6 is 0 Å². The van der Waals surface area contributed by atoms with E-state index in [9.17, 15) is 5.11 Å². The van der Waals surface area contributed by atoms with Crippen LogP contribution in [0.3, 0.4) is 0 Å². The lowest BCUT2D eigenvalue weighted by molar-refractivity contribution is 0.223. The smallest absolute Gasteiger partial charge is 0.173 e. The molecule has 0 bridgehead atoms. The Hall–Kier alpha value is -1.95. The van der Waals surface area contributed by atoms with Crippen LogP contribution in [0.1, 0.15) is 69.4 Å². The third-order valence-electron chi connectivity index (χ3n) is 5.07. The molecule has 0 spiro atoms. The molecule has 1 aliphatic rings. The minimum atomic E-state index is 0.0116. The molecule has 1 aliphatic carbocycles. The van der Waals surface area contributed by atoms with Crippen LogP contribution in [0, 0.1) is 0 Å². The Morgan fingerprint density at radius 1 is 1.12 bits per heavy atom. The molecule has 1 fully saturated rings. The van der Waals surface area contributed by atoms with E-state index < -0.39 is 0 Å². The summed E-state index contributed by atoms with van der Waals surface area (Å²) in [6, 6.07) is 7.83. The van der Waals surface area contributed by atoms with E-state index in [1.807, 2.05) is 12.1 Å². The number of nitrogens with zero attached hydrogens (tertiary/aromatic N) is 5. The zero-order valence-corrected chi connectivity index (χ0v) is 14.6. The van der Waals surface area contributed by atoms with Crippen LogP contribution in [-0.4, -0.2) is 43.3 Å². The lowest BCUT2D eigenvalue weighted by Crippen LogP contribution is -2.32. The van der Waals surface area contributed by atoms with E-state index in [0.29, 0.717) is 6.04 Å². The molecule has 1 aromatic heterocycles. The molecule has 0 amide bonds. The van der Waals surface area contributed by atoms with E-state index in [0.717, 1.165) is 37.3 Å². The summed E-state index contributed by atoms with van der Waals surface area (Å²) >= 11 is 0. The van der Waals surface area contributed by atoms with Gasteiger partial charge < -0.3 is 5.11 Å². The van der Waals surface area contributed by atoms with Crippen LogP contribution in [0.4, 0.5) is 0 Å². The summed E-state index contributed by atoms with van der Waals surface area (Å²) < 4.78 is 2.05. The van der Waals surface area contributed by atoms with Crippen LogP contribution in [0.5, 0.6) is 5.75 Å². The molecule has 1 aromatic carbocycles. The predicted molar refractivity (Wildman–Crippen MR) is 92.8 cm³/mol. The van der Waals surface area contributed by atoms with Gasteiger partial charge in [0, 0.05) is 0 Å². The summed E-state index contributed by atoms with van der Waals surface area (Å²) in [6.45, 7) is 6.15. The standard InChI is InChI=1S/C18H27N5O/c1-3-22(4-2)17(14-10-12-16(24)13-11-14)18-19-20-21-23(18)15-8-6-5-7-9-15/h10-13,15,17,24H,3-9H2,1-2H3/t17-/m1/s1. The number of rotatable bonds is 6. The van der Waals surface area contributed by atoms with Gasteiger partial charge in [-0.3, -0.25) is 4.90 Å². The van der Waals surface area contributed by atoms with Crippen LogP contribution in [0.25, 0.3) is 0 Å². The first-order valence-electron chi connectivity index (χ1n) is 9.05. The van der Waals surface area contributed by atoms with Gasteiger partial charge in [-0.1, -0.05) is 45.2 Å². The summed E-state index contributed by atoms with van der Waals surface area (Å²) in [5.41, 5.74) is 1.11. The Balaban J connectivity index is 1.99. The number of phenolic OH excluding ortho intramolecular Hbond substituents is 1. The Labute approximate surface area is 143 Å². The molecule has 1 saturated carbocycles. The van der Waals surface area contributed by atoms with Crippen molar-refractivity contribution < 1.29 is 5.11 Å². The number of benzene rings is 1. The molecule has 6 heteroatoms. The average Bonchev–Trinajstić information content (AvgIpc) is 3.10. The molecule has 0 saturated heterocycles. The number of aromatic hydroxyl groups is 1. The first-order valence-corrected chi connectivity index (χ1v) is 9.05. The van der Waals surface area contributed by atoms with E-state index in [-0.39, 0.29) is 11.8 Å². The lowest BCUT2D eigenvalue weighted by atomic mass is 9.95. The van der Waals surface area contributed by atoms with E-state index >= 15 is 0 Å². The van der Waals surface area contributed by atoms with Crippen LogP contribution in [0.15, 0.2) is 24.3 Å². The summed E-state index contributed by atoms with van der Waals surface area (Å²) in [4.78, 5) is 2.36. The molecule has 130 valence electrons. The van der Waals surface area contributed by atoms with Crippen LogP contribution in [0.2, 0.25) is 0 Å². The third kappa shape index (κ3) is 3.43. The Morgan fingerprint density at radius 2 is 1.79 bits per heavy atom. The van der Waals surface area contributed by atoms with Crippen molar-refractivity contribution >= 4 is 0 Å². The Bertz CT molecular complexity index is 629. The van der Waals surface area contributed by atoms with Gasteiger partial charge in [0.2, 0.25) is 0 Å². The molecule has 0 aliphatic heterocycles. The minimum Gasteiger partial charge on any atom is -0.508 e. The van der Waals surface area contributed by atoms with Crippen molar-refractivity contribution in [3.63, 3.8) is 0 Å². The van der Waals surface area contributed by atoms with Gasteiger partial charge in [-0.2, -0.15) is 0 Å². The van der Waals surface area contributed by atoms with Gasteiger partial charge in [-0.15, -0.1) is 5.10 Å². The van der Waals surface area contributed by atoms with Crippen LogP contribution in [-0.2, 0) is 0 Å². The average molecular weight is 329 g/mol. The third-order valence-corrected chi connectivity index (χ3v) is 5.07. The van der Waals surface area contributed by atoms with E-state index in [2.05, 4.69) is 39.0 Å². The second-order valence-electron chi connectivity index (χ2n) is 6.49. The Kier molecular flexibility index (Phi) is 5.45. The Morgan fingerprint density at radius 3 is 2.42 bits per heavy atom. The zero-order chi connectivity index (χ0) is 16.9. The van der Waals surface area contributed by atoms with Gasteiger partial charge in [0.15, 0.2) is 5.82 Å². The van der Waals surface area contributed by atoms with E-state index in [1.165, 1.54) is 19.3 Å². The molecule has 0 unspecified atom stereocenters. The molecule has 0 radical (unpaired) electrons. The topological polar surface area (TPSA) is 67.1 Å². The highest BCUT2D eigenvalue weighted by Gasteiger charge is 2.29. The fraction of sp³-hybridized carbons (Fsp3) is 0.611. The van der Waals surface area contributed by atoms with Gasteiger partial charge >= 0.3 is 0 Å². The zero-order valence-electron chi connectivity index (χ0n) is 14.6. The number of phenols is 1. The van der Waals surface area contributed by atoms with Crippen molar-refractivity contribution in [2.75, 3.05) is 13.1 Å². The molecule has 1 atom stereocenters. The number of hydrogen-bond acceptors (Lipinski definition) is 5. The quantitative estimate of drug-likeness (QED) is 0.880. The fourth-order valence-electron chi connectivity index (χ4n) is 3.73. The summed E-state index contributed by atoms with van der Waals surface area (Å²) in [5.74, 6) is 1.19. The first kappa shape index (κ1) is 16.9. The molecular weight excluding hydrogens is 302 g/mol. The monoisotopic (exact) mass is 329 g/mol. The molecule has 2 aromatic rings. The normalized spacial score (nSPS) is 17.3. The molecule has 3 rings (SSSR count). The van der Waals surface area contributed by atoms with Gasteiger partial charge in [0.25, 0.3) is 0 Å².